The number of amides is 1. The number of hydrogen-bond acceptors (Lipinski definition) is 3. The third kappa shape index (κ3) is 3.52. The van der Waals surface area contributed by atoms with Crippen LogP contribution >= 0.6 is 0 Å². The zero-order chi connectivity index (χ0) is 16.2. The maximum atomic E-state index is 12.7. The summed E-state index contributed by atoms with van der Waals surface area (Å²) < 4.78 is 10.7. The van der Waals surface area contributed by atoms with Crippen LogP contribution in [0.3, 0.4) is 0 Å². The summed E-state index contributed by atoms with van der Waals surface area (Å²) in [4.78, 5) is 14.7. The summed E-state index contributed by atoms with van der Waals surface area (Å²) in [6.45, 7) is 1.65. The van der Waals surface area contributed by atoms with E-state index in [1.54, 1.807) is 14.2 Å². The van der Waals surface area contributed by atoms with Gasteiger partial charge in [0.25, 0.3) is 0 Å². The van der Waals surface area contributed by atoms with E-state index in [2.05, 4.69) is 24.3 Å². The predicted molar refractivity (Wildman–Crippen MR) is 90.0 cm³/mol. The van der Waals surface area contributed by atoms with Crippen LogP contribution in [0.4, 0.5) is 0 Å². The lowest BCUT2D eigenvalue weighted by atomic mass is 9.93. The Morgan fingerprint density at radius 2 is 1.83 bits per heavy atom. The van der Waals surface area contributed by atoms with E-state index in [9.17, 15) is 4.79 Å². The molecule has 1 aromatic rings. The van der Waals surface area contributed by atoms with Gasteiger partial charge in [-0.25, -0.2) is 0 Å². The fourth-order valence-electron chi connectivity index (χ4n) is 3.57. The molecule has 0 spiro atoms. The van der Waals surface area contributed by atoms with Gasteiger partial charge in [-0.1, -0.05) is 12.2 Å². The summed E-state index contributed by atoms with van der Waals surface area (Å²) in [5.41, 5.74) is 1.19. The van der Waals surface area contributed by atoms with Crippen LogP contribution in [0.2, 0.25) is 0 Å². The van der Waals surface area contributed by atoms with Crippen molar-refractivity contribution in [2.75, 3.05) is 27.3 Å². The number of carbonyl (C=O) groups is 1. The number of likely N-dealkylation sites (tertiary alicyclic amines) is 1. The Hall–Kier alpha value is -1.97. The van der Waals surface area contributed by atoms with Gasteiger partial charge in [-0.15, -0.1) is 0 Å². The molecule has 4 heteroatoms. The summed E-state index contributed by atoms with van der Waals surface area (Å²) in [6, 6.07) is 6.00. The molecule has 0 N–H and O–H groups in total. The van der Waals surface area contributed by atoms with E-state index in [0.717, 1.165) is 50.3 Å². The molecule has 1 saturated heterocycles. The second-order valence-electron chi connectivity index (χ2n) is 6.40. The summed E-state index contributed by atoms with van der Waals surface area (Å²) in [6.07, 6.45) is 8.24. The highest BCUT2D eigenvalue weighted by Gasteiger charge is 2.31. The number of ether oxygens (including phenoxy) is 2. The normalized spacial score (nSPS) is 23.8. The van der Waals surface area contributed by atoms with Crippen LogP contribution in [0.15, 0.2) is 30.4 Å². The quantitative estimate of drug-likeness (QED) is 0.800. The molecule has 2 atom stereocenters. The highest BCUT2D eigenvalue weighted by atomic mass is 16.5. The lowest BCUT2D eigenvalue weighted by Crippen LogP contribution is -2.34. The number of rotatable bonds is 4. The van der Waals surface area contributed by atoms with Crippen LogP contribution in [0.25, 0.3) is 0 Å². The number of benzene rings is 1. The lowest BCUT2D eigenvalue weighted by molar-refractivity contribution is -0.134. The van der Waals surface area contributed by atoms with E-state index in [-0.39, 0.29) is 5.92 Å². The number of hydrogen-bond donors (Lipinski definition) is 0. The zero-order valence-corrected chi connectivity index (χ0v) is 14.0. The summed E-state index contributed by atoms with van der Waals surface area (Å²) >= 11 is 0. The van der Waals surface area contributed by atoms with Gasteiger partial charge >= 0.3 is 0 Å². The van der Waals surface area contributed by atoms with Gasteiger partial charge < -0.3 is 14.4 Å². The fourth-order valence-corrected chi connectivity index (χ4v) is 3.57. The van der Waals surface area contributed by atoms with Gasteiger partial charge in [-0.05, 0) is 43.4 Å². The van der Waals surface area contributed by atoms with Crippen LogP contribution in [0, 0.1) is 5.92 Å². The number of nitrogens with zero attached hydrogens (tertiary/aromatic N) is 1. The lowest BCUT2D eigenvalue weighted by Gasteiger charge is -2.24. The highest BCUT2D eigenvalue weighted by Crippen LogP contribution is 2.34. The monoisotopic (exact) mass is 315 g/mol. The minimum Gasteiger partial charge on any atom is -0.497 e. The molecule has 1 amide bonds. The Labute approximate surface area is 138 Å². The Kier molecular flexibility index (Phi) is 4.89. The van der Waals surface area contributed by atoms with E-state index < -0.39 is 0 Å². The first kappa shape index (κ1) is 15.9. The maximum Gasteiger partial charge on any atom is 0.226 e. The van der Waals surface area contributed by atoms with Crippen molar-refractivity contribution in [1.82, 2.24) is 4.90 Å². The van der Waals surface area contributed by atoms with Gasteiger partial charge in [0, 0.05) is 31.0 Å². The number of methoxy groups -OCH3 is 2. The van der Waals surface area contributed by atoms with E-state index in [1.165, 1.54) is 5.56 Å². The summed E-state index contributed by atoms with van der Waals surface area (Å²) in [5.74, 6) is 2.48. The molecule has 1 aliphatic heterocycles. The molecule has 1 aliphatic carbocycles. The average Bonchev–Trinajstić information content (AvgIpc) is 3.11. The Morgan fingerprint density at radius 3 is 2.43 bits per heavy atom. The largest absolute Gasteiger partial charge is 0.497 e. The van der Waals surface area contributed by atoms with Crippen LogP contribution in [-0.2, 0) is 4.79 Å². The second-order valence-corrected chi connectivity index (χ2v) is 6.40. The standard InChI is InChI=1S/C19H25NO3/c1-22-17-10-16(11-18(12-17)23-2)15-8-9-20(13-15)19(21)14-6-4-3-5-7-14/h3-4,10-12,14-15H,5-9,13H2,1-2H3/t14-,15-/m0/s1. The van der Waals surface area contributed by atoms with Gasteiger partial charge in [0.15, 0.2) is 0 Å². The molecule has 23 heavy (non-hydrogen) atoms. The summed E-state index contributed by atoms with van der Waals surface area (Å²) in [7, 11) is 3.33. The predicted octanol–water partition coefficient (Wildman–Crippen LogP) is 3.38. The first-order valence-corrected chi connectivity index (χ1v) is 8.38. The van der Waals surface area contributed by atoms with Gasteiger partial charge in [0.1, 0.15) is 11.5 Å². The molecule has 124 valence electrons. The van der Waals surface area contributed by atoms with E-state index in [1.807, 2.05) is 11.0 Å². The molecule has 1 aromatic carbocycles. The third-order valence-electron chi connectivity index (χ3n) is 4.96. The van der Waals surface area contributed by atoms with Crippen molar-refractivity contribution in [3.05, 3.63) is 35.9 Å². The van der Waals surface area contributed by atoms with E-state index in [4.69, 9.17) is 9.47 Å². The van der Waals surface area contributed by atoms with Crippen molar-refractivity contribution in [2.45, 2.75) is 31.6 Å². The molecule has 0 saturated carbocycles. The molecule has 1 fully saturated rings. The molecule has 0 radical (unpaired) electrons. The number of carbonyl (C=O) groups excluding carboxylic acids is 1. The first-order chi connectivity index (χ1) is 11.2. The molecular formula is C19H25NO3. The Bertz CT molecular complexity index is 574. The molecular weight excluding hydrogens is 290 g/mol. The summed E-state index contributed by atoms with van der Waals surface area (Å²) in [5, 5.41) is 0. The zero-order valence-electron chi connectivity index (χ0n) is 14.0. The third-order valence-corrected chi connectivity index (χ3v) is 4.96. The van der Waals surface area contributed by atoms with Gasteiger partial charge in [0.05, 0.1) is 14.2 Å². The van der Waals surface area contributed by atoms with Gasteiger partial charge in [-0.3, -0.25) is 4.79 Å². The topological polar surface area (TPSA) is 38.8 Å². The SMILES string of the molecule is COc1cc(OC)cc([C@H]2CCN(C(=O)[C@H]3CC=CCC3)C2)c1. The smallest absolute Gasteiger partial charge is 0.226 e. The van der Waals surface area contributed by atoms with Crippen molar-refractivity contribution in [1.29, 1.82) is 0 Å². The van der Waals surface area contributed by atoms with E-state index in [0.29, 0.717) is 11.8 Å². The minimum absolute atomic E-state index is 0.179. The average molecular weight is 315 g/mol. The molecule has 3 rings (SSSR count). The van der Waals surface area contributed by atoms with Crippen LogP contribution in [-0.4, -0.2) is 38.1 Å². The Morgan fingerprint density at radius 1 is 1.09 bits per heavy atom. The molecule has 1 heterocycles. The van der Waals surface area contributed by atoms with Crippen molar-refractivity contribution in [3.63, 3.8) is 0 Å². The van der Waals surface area contributed by atoms with Gasteiger partial charge in [-0.2, -0.15) is 0 Å². The Balaban J connectivity index is 1.69. The second kappa shape index (κ2) is 7.07. The molecule has 0 aromatic heterocycles. The van der Waals surface area contributed by atoms with Crippen LogP contribution < -0.4 is 9.47 Å². The van der Waals surface area contributed by atoms with Gasteiger partial charge in [0.2, 0.25) is 5.91 Å². The van der Waals surface area contributed by atoms with Crippen molar-refractivity contribution in [2.24, 2.45) is 5.92 Å². The highest BCUT2D eigenvalue weighted by molar-refractivity contribution is 5.79. The van der Waals surface area contributed by atoms with E-state index >= 15 is 0 Å². The van der Waals surface area contributed by atoms with Crippen molar-refractivity contribution >= 4 is 5.91 Å². The van der Waals surface area contributed by atoms with Crippen molar-refractivity contribution in [3.8, 4) is 11.5 Å². The van der Waals surface area contributed by atoms with Crippen LogP contribution in [0.1, 0.15) is 37.2 Å². The van der Waals surface area contributed by atoms with Crippen LogP contribution in [0.5, 0.6) is 11.5 Å². The minimum atomic E-state index is 0.179. The first-order valence-electron chi connectivity index (χ1n) is 8.38. The molecule has 0 unspecified atom stereocenters. The van der Waals surface area contributed by atoms with Crippen molar-refractivity contribution < 1.29 is 14.3 Å². The molecule has 2 aliphatic rings. The maximum absolute atomic E-state index is 12.7. The molecule has 4 nitrogen and oxygen atoms in total. The number of allylic oxidation sites excluding steroid dienone is 2. The molecule has 0 bridgehead atoms. The fraction of sp³-hybridized carbons (Fsp3) is 0.526.